The molecule has 34 heavy (non-hydrogen) atoms. The third-order valence-electron chi connectivity index (χ3n) is 5.74. The smallest absolute Gasteiger partial charge is 0.378 e. The van der Waals surface area contributed by atoms with Gasteiger partial charge in [-0.2, -0.15) is 18.2 Å². The minimum absolute atomic E-state index is 0.270. The van der Waals surface area contributed by atoms with Gasteiger partial charge in [-0.3, -0.25) is 0 Å². The predicted octanol–water partition coefficient (Wildman–Crippen LogP) is 6.29. The summed E-state index contributed by atoms with van der Waals surface area (Å²) in [5.41, 5.74) is -0.286. The summed E-state index contributed by atoms with van der Waals surface area (Å²) >= 11 is 1.50. The van der Waals surface area contributed by atoms with E-state index in [4.69, 9.17) is 4.52 Å². The summed E-state index contributed by atoms with van der Waals surface area (Å²) in [5.74, 6) is 2.89. The zero-order valence-electron chi connectivity index (χ0n) is 19.3. The van der Waals surface area contributed by atoms with E-state index in [1.165, 1.54) is 24.2 Å². The van der Waals surface area contributed by atoms with E-state index in [2.05, 4.69) is 44.1 Å². The number of nitrogens with zero attached hydrogens (tertiary/aromatic N) is 5. The third kappa shape index (κ3) is 6.31. The van der Waals surface area contributed by atoms with Crippen LogP contribution in [0.1, 0.15) is 75.1 Å². The molecule has 0 saturated heterocycles. The van der Waals surface area contributed by atoms with Crippen molar-refractivity contribution < 1.29 is 17.7 Å². The lowest BCUT2D eigenvalue weighted by Crippen LogP contribution is -2.18. The highest BCUT2D eigenvalue weighted by molar-refractivity contribution is 7.98. The van der Waals surface area contributed by atoms with E-state index in [0.717, 1.165) is 49.4 Å². The van der Waals surface area contributed by atoms with Crippen LogP contribution in [0, 0.1) is 5.92 Å². The molecule has 1 aliphatic rings. The van der Waals surface area contributed by atoms with E-state index in [1.807, 2.05) is 0 Å². The van der Waals surface area contributed by atoms with Gasteiger partial charge in [0, 0.05) is 18.2 Å². The van der Waals surface area contributed by atoms with Gasteiger partial charge in [0.15, 0.2) is 16.8 Å². The molecule has 0 amide bonds. The molecule has 0 spiro atoms. The highest BCUT2D eigenvalue weighted by Gasteiger charge is 2.30. The van der Waals surface area contributed by atoms with Gasteiger partial charge >= 0.3 is 6.18 Å². The van der Waals surface area contributed by atoms with Crippen LogP contribution in [-0.4, -0.2) is 24.9 Å². The number of thioether (sulfide) groups is 1. The topological polar surface area (TPSA) is 81.7 Å². The van der Waals surface area contributed by atoms with Crippen LogP contribution >= 0.6 is 11.8 Å². The predicted molar refractivity (Wildman–Crippen MR) is 123 cm³/mol. The summed E-state index contributed by atoms with van der Waals surface area (Å²) in [6, 6.07) is 5.47. The fourth-order valence-corrected chi connectivity index (χ4v) is 5.00. The summed E-state index contributed by atoms with van der Waals surface area (Å²) in [5, 5.41) is 16.7. The number of benzene rings is 1. The van der Waals surface area contributed by atoms with Gasteiger partial charge in [0.2, 0.25) is 5.89 Å². The van der Waals surface area contributed by atoms with Crippen molar-refractivity contribution in [3.8, 4) is 0 Å². The van der Waals surface area contributed by atoms with E-state index in [0.29, 0.717) is 34.9 Å². The molecule has 0 unspecified atom stereocenters. The van der Waals surface area contributed by atoms with Crippen LogP contribution in [0.2, 0.25) is 0 Å². The quantitative estimate of drug-likeness (QED) is 0.350. The molecule has 1 aromatic carbocycles. The van der Waals surface area contributed by atoms with Crippen molar-refractivity contribution in [3.05, 3.63) is 47.4 Å². The Morgan fingerprint density at radius 2 is 1.97 bits per heavy atom. The monoisotopic (exact) mass is 494 g/mol. The molecule has 1 saturated carbocycles. The first-order chi connectivity index (χ1) is 16.3. The van der Waals surface area contributed by atoms with Crippen molar-refractivity contribution in [1.29, 1.82) is 0 Å². The molecule has 7 nitrogen and oxygen atoms in total. The number of hydrogen-bond acceptors (Lipinski definition) is 7. The average Bonchev–Trinajstić information content (AvgIpc) is 3.42. The maximum atomic E-state index is 13.1. The molecule has 0 bridgehead atoms. The van der Waals surface area contributed by atoms with Crippen molar-refractivity contribution in [3.63, 3.8) is 0 Å². The maximum Gasteiger partial charge on any atom is 0.416 e. The number of aromatic nitrogens is 5. The van der Waals surface area contributed by atoms with Crippen molar-refractivity contribution in [2.45, 2.75) is 82.0 Å². The molecule has 0 radical (unpaired) electrons. The van der Waals surface area contributed by atoms with E-state index < -0.39 is 11.7 Å². The molecule has 2 aromatic heterocycles. The second-order valence-corrected chi connectivity index (χ2v) is 9.93. The van der Waals surface area contributed by atoms with Crippen molar-refractivity contribution in [2.24, 2.45) is 5.92 Å². The Morgan fingerprint density at radius 1 is 1.18 bits per heavy atom. The van der Waals surface area contributed by atoms with Gasteiger partial charge < -0.3 is 14.4 Å². The molecule has 184 valence electrons. The van der Waals surface area contributed by atoms with Gasteiger partial charge in [0.25, 0.3) is 0 Å². The minimum Gasteiger partial charge on any atom is -0.378 e. The van der Waals surface area contributed by atoms with Gasteiger partial charge in [-0.15, -0.1) is 10.2 Å². The second kappa shape index (κ2) is 10.8. The lowest BCUT2D eigenvalue weighted by Gasteiger charge is -2.25. The molecule has 1 fully saturated rings. The standard InChI is InChI=1S/C23H29F3N6OS/c1-15(2)11-21-28-19(31-33-21)14-34-22-30-29-20(32(22)18-9-4-3-5-10-18)13-27-17-8-6-7-16(12-17)23(24,25)26/h6-8,12,15,18,27H,3-5,9-11,13-14H2,1-2H3. The highest BCUT2D eigenvalue weighted by atomic mass is 32.2. The molecule has 1 aliphatic carbocycles. The van der Waals surface area contributed by atoms with Gasteiger partial charge in [0.1, 0.15) is 0 Å². The summed E-state index contributed by atoms with van der Waals surface area (Å²) in [6.07, 6.45) is 1.90. The number of halogens is 3. The van der Waals surface area contributed by atoms with Gasteiger partial charge in [-0.25, -0.2) is 0 Å². The molecule has 4 rings (SSSR count). The maximum absolute atomic E-state index is 13.1. The molecular weight excluding hydrogens is 465 g/mol. The molecule has 11 heteroatoms. The van der Waals surface area contributed by atoms with Crippen LogP contribution in [0.5, 0.6) is 0 Å². The van der Waals surface area contributed by atoms with Crippen molar-refractivity contribution >= 4 is 17.4 Å². The third-order valence-corrected chi connectivity index (χ3v) is 6.68. The Kier molecular flexibility index (Phi) is 7.80. The lowest BCUT2D eigenvalue weighted by molar-refractivity contribution is -0.137. The Bertz CT molecular complexity index is 1070. The molecule has 1 N–H and O–H groups in total. The first kappa shape index (κ1) is 24.6. The minimum atomic E-state index is -4.38. The number of rotatable bonds is 9. The van der Waals surface area contributed by atoms with E-state index in [9.17, 15) is 13.2 Å². The van der Waals surface area contributed by atoms with Crippen LogP contribution in [0.4, 0.5) is 18.9 Å². The van der Waals surface area contributed by atoms with Crippen LogP contribution in [-0.2, 0) is 24.9 Å². The number of hydrogen-bond donors (Lipinski definition) is 1. The first-order valence-corrected chi connectivity index (χ1v) is 12.6. The first-order valence-electron chi connectivity index (χ1n) is 11.6. The van der Waals surface area contributed by atoms with E-state index in [1.54, 1.807) is 6.07 Å². The van der Waals surface area contributed by atoms with E-state index in [-0.39, 0.29) is 12.6 Å². The Morgan fingerprint density at radius 3 is 2.71 bits per heavy atom. The zero-order valence-corrected chi connectivity index (χ0v) is 20.1. The summed E-state index contributed by atoms with van der Waals surface area (Å²) in [7, 11) is 0. The van der Waals surface area contributed by atoms with Crippen LogP contribution in [0.15, 0.2) is 33.9 Å². The fraction of sp³-hybridized carbons (Fsp3) is 0.565. The van der Waals surface area contributed by atoms with Crippen LogP contribution in [0.25, 0.3) is 0 Å². The largest absolute Gasteiger partial charge is 0.416 e. The van der Waals surface area contributed by atoms with Crippen LogP contribution in [0.3, 0.4) is 0 Å². The molecule has 3 aromatic rings. The highest BCUT2D eigenvalue weighted by Crippen LogP contribution is 2.34. The van der Waals surface area contributed by atoms with Crippen molar-refractivity contribution in [2.75, 3.05) is 5.32 Å². The Labute approximate surface area is 200 Å². The SMILES string of the molecule is CC(C)Cc1nc(CSc2nnc(CNc3cccc(C(F)(F)F)c3)n2C2CCCCC2)no1. The lowest BCUT2D eigenvalue weighted by atomic mass is 9.95. The zero-order chi connectivity index (χ0) is 24.1. The Balaban J connectivity index is 1.48. The number of anilines is 1. The normalized spacial score (nSPS) is 15.2. The molecule has 0 aliphatic heterocycles. The Hall–Kier alpha value is -2.56. The van der Waals surface area contributed by atoms with E-state index >= 15 is 0 Å². The fourth-order valence-electron chi connectivity index (χ4n) is 4.13. The summed E-state index contributed by atoms with van der Waals surface area (Å²) in [6.45, 7) is 4.48. The molecular formula is C23H29F3N6OS. The van der Waals surface area contributed by atoms with Gasteiger partial charge in [-0.05, 0) is 37.0 Å². The summed E-state index contributed by atoms with van der Waals surface area (Å²) < 4.78 is 46.6. The second-order valence-electron chi connectivity index (χ2n) is 8.98. The van der Waals surface area contributed by atoms with Crippen molar-refractivity contribution in [1.82, 2.24) is 24.9 Å². The van der Waals surface area contributed by atoms with Crippen LogP contribution < -0.4 is 5.32 Å². The average molecular weight is 495 g/mol. The number of alkyl halides is 3. The van der Waals surface area contributed by atoms with Gasteiger partial charge in [0.05, 0.1) is 17.9 Å². The number of nitrogens with one attached hydrogen (secondary N) is 1. The summed E-state index contributed by atoms with van der Waals surface area (Å²) in [4.78, 5) is 4.46. The molecule has 2 heterocycles. The van der Waals surface area contributed by atoms with Gasteiger partial charge in [-0.1, -0.05) is 56.1 Å². The molecule has 0 atom stereocenters.